The van der Waals surface area contributed by atoms with E-state index in [1.165, 1.54) is 5.56 Å². The summed E-state index contributed by atoms with van der Waals surface area (Å²) in [5.74, 6) is 2.98. The molecule has 0 bridgehead atoms. The Morgan fingerprint density at radius 3 is 2.21 bits per heavy atom. The summed E-state index contributed by atoms with van der Waals surface area (Å²) in [5, 5.41) is 7.73. The number of halogens is 1. The number of methoxy groups -OCH3 is 3. The number of hydrogen-bond donors (Lipinski definition) is 1. The Hall–Kier alpha value is -2.21. The molecule has 0 aliphatic carbocycles. The van der Waals surface area contributed by atoms with Crippen molar-refractivity contribution < 1.29 is 14.2 Å². The number of benzene rings is 1. The quantitative estimate of drug-likeness (QED) is 0.214. The molecule has 3 rings (SSSR count). The fourth-order valence-corrected chi connectivity index (χ4v) is 4.03. The van der Waals surface area contributed by atoms with Crippen LogP contribution in [-0.2, 0) is 20.0 Å². The molecule has 1 aliphatic heterocycles. The van der Waals surface area contributed by atoms with E-state index in [2.05, 4.69) is 31.4 Å². The standard InChI is InChI=1S/C23H36N6O3.HI/c1-24-23(25-8-6-7-18-15-26-27(2)16-18)29-11-9-28(10-12-29)17-19-13-20(30-3)22(32-5)21(14-19)31-4;/h13-16H,6-12,17H2,1-5H3,(H,24,25);1H. The first-order valence-electron chi connectivity index (χ1n) is 11.0. The molecule has 1 aromatic heterocycles. The van der Waals surface area contributed by atoms with Gasteiger partial charge in [-0.25, -0.2) is 0 Å². The van der Waals surface area contributed by atoms with Crippen LogP contribution in [-0.4, -0.2) is 86.6 Å². The van der Waals surface area contributed by atoms with Crippen molar-refractivity contribution in [3.63, 3.8) is 0 Å². The smallest absolute Gasteiger partial charge is 0.203 e. The van der Waals surface area contributed by atoms with Gasteiger partial charge in [-0.1, -0.05) is 0 Å². The molecule has 1 aromatic carbocycles. The molecular formula is C23H37IN6O3. The van der Waals surface area contributed by atoms with E-state index in [-0.39, 0.29) is 24.0 Å². The number of piperazine rings is 1. The second kappa shape index (κ2) is 13.5. The first-order chi connectivity index (χ1) is 15.6. The highest BCUT2D eigenvalue weighted by atomic mass is 127. The molecule has 184 valence electrons. The van der Waals surface area contributed by atoms with Gasteiger partial charge in [0.05, 0.1) is 27.5 Å². The van der Waals surface area contributed by atoms with Gasteiger partial charge in [-0.05, 0) is 36.1 Å². The maximum absolute atomic E-state index is 5.49. The second-order valence-corrected chi connectivity index (χ2v) is 7.90. The van der Waals surface area contributed by atoms with E-state index in [4.69, 9.17) is 14.2 Å². The van der Waals surface area contributed by atoms with Crippen molar-refractivity contribution in [3.05, 3.63) is 35.7 Å². The number of guanidine groups is 1. The first kappa shape index (κ1) is 27.0. The second-order valence-electron chi connectivity index (χ2n) is 7.90. The Kier molecular flexibility index (Phi) is 11.0. The molecule has 1 saturated heterocycles. The van der Waals surface area contributed by atoms with Crippen molar-refractivity contribution in [2.45, 2.75) is 19.4 Å². The fraction of sp³-hybridized carbons (Fsp3) is 0.565. The van der Waals surface area contributed by atoms with E-state index in [1.54, 1.807) is 21.3 Å². The van der Waals surface area contributed by atoms with Gasteiger partial charge in [-0.2, -0.15) is 5.10 Å². The van der Waals surface area contributed by atoms with E-state index in [1.807, 2.05) is 37.1 Å². The van der Waals surface area contributed by atoms with Crippen LogP contribution in [0.2, 0.25) is 0 Å². The van der Waals surface area contributed by atoms with Crippen molar-refractivity contribution in [2.75, 3.05) is 61.1 Å². The third-order valence-corrected chi connectivity index (χ3v) is 5.70. The van der Waals surface area contributed by atoms with Crippen LogP contribution in [0.5, 0.6) is 17.2 Å². The summed E-state index contributed by atoms with van der Waals surface area (Å²) in [6.45, 7) is 5.54. The molecule has 1 fully saturated rings. The van der Waals surface area contributed by atoms with Crippen LogP contribution >= 0.6 is 24.0 Å². The van der Waals surface area contributed by atoms with Crippen LogP contribution in [0.4, 0.5) is 0 Å². The zero-order valence-electron chi connectivity index (χ0n) is 20.3. The van der Waals surface area contributed by atoms with Crippen molar-refractivity contribution in [2.24, 2.45) is 12.0 Å². The molecule has 1 N–H and O–H groups in total. The van der Waals surface area contributed by atoms with E-state index in [0.717, 1.165) is 63.6 Å². The minimum absolute atomic E-state index is 0. The molecule has 33 heavy (non-hydrogen) atoms. The molecule has 10 heteroatoms. The lowest BCUT2D eigenvalue weighted by Crippen LogP contribution is -2.52. The lowest BCUT2D eigenvalue weighted by molar-refractivity contribution is 0.172. The number of aliphatic imine (C=N–C) groups is 1. The van der Waals surface area contributed by atoms with Gasteiger partial charge >= 0.3 is 0 Å². The zero-order valence-corrected chi connectivity index (χ0v) is 22.7. The molecule has 2 aromatic rings. The molecule has 0 unspecified atom stereocenters. The van der Waals surface area contributed by atoms with Gasteiger partial charge in [0.15, 0.2) is 17.5 Å². The summed E-state index contributed by atoms with van der Waals surface area (Å²) >= 11 is 0. The summed E-state index contributed by atoms with van der Waals surface area (Å²) in [6, 6.07) is 4.05. The molecule has 0 saturated carbocycles. The Morgan fingerprint density at radius 1 is 1.03 bits per heavy atom. The predicted octanol–water partition coefficient (Wildman–Crippen LogP) is 2.39. The van der Waals surface area contributed by atoms with Gasteiger partial charge in [0.25, 0.3) is 0 Å². The van der Waals surface area contributed by atoms with Gasteiger partial charge in [0.2, 0.25) is 5.75 Å². The van der Waals surface area contributed by atoms with Gasteiger partial charge in [-0.3, -0.25) is 14.6 Å². The Balaban J connectivity index is 0.00000385. The lowest BCUT2D eigenvalue weighted by atomic mass is 10.1. The largest absolute Gasteiger partial charge is 0.493 e. The molecule has 0 radical (unpaired) electrons. The first-order valence-corrected chi connectivity index (χ1v) is 11.0. The van der Waals surface area contributed by atoms with E-state index < -0.39 is 0 Å². The van der Waals surface area contributed by atoms with Crippen LogP contribution in [0, 0.1) is 0 Å². The van der Waals surface area contributed by atoms with Gasteiger partial charge in [-0.15, -0.1) is 24.0 Å². The van der Waals surface area contributed by atoms with E-state index in [9.17, 15) is 0 Å². The summed E-state index contributed by atoms with van der Waals surface area (Å²) in [4.78, 5) is 9.25. The minimum Gasteiger partial charge on any atom is -0.493 e. The van der Waals surface area contributed by atoms with Crippen molar-refractivity contribution in [1.82, 2.24) is 24.9 Å². The molecule has 9 nitrogen and oxygen atoms in total. The highest BCUT2D eigenvalue weighted by Gasteiger charge is 2.21. The van der Waals surface area contributed by atoms with Crippen LogP contribution in [0.25, 0.3) is 0 Å². The van der Waals surface area contributed by atoms with E-state index >= 15 is 0 Å². The Bertz CT molecular complexity index is 871. The average molecular weight is 572 g/mol. The van der Waals surface area contributed by atoms with Gasteiger partial charge in [0, 0.05) is 59.6 Å². The number of aryl methyl sites for hydroxylation is 2. The highest BCUT2D eigenvalue weighted by molar-refractivity contribution is 14.0. The number of hydrogen-bond acceptors (Lipinski definition) is 6. The average Bonchev–Trinajstić information content (AvgIpc) is 3.24. The normalized spacial score (nSPS) is 14.6. The van der Waals surface area contributed by atoms with Gasteiger partial charge < -0.3 is 24.4 Å². The minimum atomic E-state index is 0. The third kappa shape index (κ3) is 7.39. The number of rotatable bonds is 9. The van der Waals surface area contributed by atoms with Crippen LogP contribution in [0.3, 0.4) is 0 Å². The summed E-state index contributed by atoms with van der Waals surface area (Å²) in [5.41, 5.74) is 2.41. The SMILES string of the molecule is CN=C(NCCCc1cnn(C)c1)N1CCN(Cc2cc(OC)c(OC)c(OC)c2)CC1.I. The van der Waals surface area contributed by atoms with Crippen LogP contribution < -0.4 is 19.5 Å². The maximum Gasteiger partial charge on any atom is 0.203 e. The molecular weight excluding hydrogens is 535 g/mol. The van der Waals surface area contributed by atoms with Crippen molar-refractivity contribution in [1.29, 1.82) is 0 Å². The molecule has 1 aliphatic rings. The predicted molar refractivity (Wildman–Crippen MR) is 141 cm³/mol. The fourth-order valence-electron chi connectivity index (χ4n) is 4.03. The number of nitrogens with zero attached hydrogens (tertiary/aromatic N) is 5. The zero-order chi connectivity index (χ0) is 22.9. The Labute approximate surface area is 214 Å². The molecule has 0 amide bonds. The summed E-state index contributed by atoms with van der Waals surface area (Å²) in [6.07, 6.45) is 6.07. The van der Waals surface area contributed by atoms with Crippen LogP contribution in [0.15, 0.2) is 29.5 Å². The Morgan fingerprint density at radius 2 is 1.70 bits per heavy atom. The molecule has 0 spiro atoms. The van der Waals surface area contributed by atoms with Crippen molar-refractivity contribution >= 4 is 29.9 Å². The number of aromatic nitrogens is 2. The highest BCUT2D eigenvalue weighted by Crippen LogP contribution is 2.38. The number of nitrogens with one attached hydrogen (secondary N) is 1. The molecule has 0 atom stereocenters. The van der Waals surface area contributed by atoms with Crippen molar-refractivity contribution in [3.8, 4) is 17.2 Å². The molecule has 2 heterocycles. The monoisotopic (exact) mass is 572 g/mol. The lowest BCUT2D eigenvalue weighted by Gasteiger charge is -2.36. The summed E-state index contributed by atoms with van der Waals surface area (Å²) in [7, 11) is 8.72. The topological polar surface area (TPSA) is 76.4 Å². The third-order valence-electron chi connectivity index (χ3n) is 5.70. The summed E-state index contributed by atoms with van der Waals surface area (Å²) < 4.78 is 18.2. The van der Waals surface area contributed by atoms with Gasteiger partial charge in [0.1, 0.15) is 0 Å². The maximum atomic E-state index is 5.49. The number of ether oxygens (including phenoxy) is 3. The van der Waals surface area contributed by atoms with E-state index in [0.29, 0.717) is 17.2 Å². The van der Waals surface area contributed by atoms with Crippen LogP contribution in [0.1, 0.15) is 17.5 Å².